The molecule has 0 saturated heterocycles. The van der Waals surface area contributed by atoms with Gasteiger partial charge in [-0.05, 0) is 68.8 Å². The fourth-order valence-corrected chi connectivity index (χ4v) is 4.02. The monoisotopic (exact) mass is 480 g/mol. The molecule has 0 aliphatic carbocycles. The highest BCUT2D eigenvalue weighted by Crippen LogP contribution is 2.31. The molecular formula is C26H24N8O2. The Bertz CT molecular complexity index is 1610. The lowest BCUT2D eigenvalue weighted by Crippen LogP contribution is -2.27. The Balaban J connectivity index is 1.22. The number of ether oxygens (including phenoxy) is 2. The lowest BCUT2D eigenvalue weighted by atomic mass is 10.1. The molecule has 0 radical (unpaired) electrons. The number of hydrogen-bond donors (Lipinski definition) is 2. The number of pyridine rings is 1. The molecule has 36 heavy (non-hydrogen) atoms. The molecule has 1 unspecified atom stereocenters. The lowest BCUT2D eigenvalue weighted by molar-refractivity contribution is 0.0144. The molecule has 4 heterocycles. The Labute approximate surface area is 207 Å². The van der Waals surface area contributed by atoms with Crippen molar-refractivity contribution in [3.05, 3.63) is 72.9 Å². The molecule has 0 amide bonds. The molecule has 1 atom stereocenters. The van der Waals surface area contributed by atoms with Gasteiger partial charge in [-0.15, -0.1) is 0 Å². The van der Waals surface area contributed by atoms with Gasteiger partial charge in [-0.3, -0.25) is 0 Å². The largest absolute Gasteiger partial charge is 0.457 e. The first-order chi connectivity index (χ1) is 17.4. The van der Waals surface area contributed by atoms with Crippen molar-refractivity contribution in [3.8, 4) is 11.5 Å². The van der Waals surface area contributed by atoms with Gasteiger partial charge in [0.15, 0.2) is 5.65 Å². The molecule has 0 fully saturated rings. The number of nitrogens with zero attached hydrogens (tertiary/aromatic N) is 6. The van der Waals surface area contributed by atoms with Gasteiger partial charge in [0.05, 0.1) is 5.52 Å². The van der Waals surface area contributed by atoms with E-state index in [2.05, 4.69) is 35.7 Å². The second-order valence-electron chi connectivity index (χ2n) is 9.08. The van der Waals surface area contributed by atoms with E-state index in [1.807, 2.05) is 81.7 Å². The highest BCUT2D eigenvalue weighted by Gasteiger charge is 2.27. The summed E-state index contributed by atoms with van der Waals surface area (Å²) < 4.78 is 13.7. The van der Waals surface area contributed by atoms with E-state index in [0.29, 0.717) is 11.6 Å². The van der Waals surface area contributed by atoms with E-state index < -0.39 is 6.35 Å². The SMILES string of the molecule is Cc1cc(Nc2ncnc3ccc(NC4N=CC(C)(C)O4)cc23)ccc1Oc1ccn2ncnc2c1. The average Bonchev–Trinajstić information content (AvgIpc) is 3.46. The zero-order valence-electron chi connectivity index (χ0n) is 20.0. The van der Waals surface area contributed by atoms with Crippen LogP contribution in [0.4, 0.5) is 17.2 Å². The quantitative estimate of drug-likeness (QED) is 0.346. The third kappa shape index (κ3) is 4.41. The van der Waals surface area contributed by atoms with E-state index in [4.69, 9.17) is 9.47 Å². The summed E-state index contributed by atoms with van der Waals surface area (Å²) in [6.07, 6.45) is 6.26. The van der Waals surface area contributed by atoms with Crippen LogP contribution >= 0.6 is 0 Å². The third-order valence-electron chi connectivity index (χ3n) is 5.78. The zero-order chi connectivity index (χ0) is 24.7. The predicted molar refractivity (Wildman–Crippen MR) is 138 cm³/mol. The molecular weight excluding hydrogens is 456 g/mol. The molecule has 2 aromatic carbocycles. The van der Waals surface area contributed by atoms with Crippen LogP contribution in [0.15, 0.2) is 72.4 Å². The summed E-state index contributed by atoms with van der Waals surface area (Å²) in [7, 11) is 0. The van der Waals surface area contributed by atoms with Crippen molar-refractivity contribution in [2.24, 2.45) is 4.99 Å². The summed E-state index contributed by atoms with van der Waals surface area (Å²) in [5, 5.41) is 11.7. The van der Waals surface area contributed by atoms with Crippen LogP contribution in [-0.2, 0) is 4.74 Å². The maximum absolute atomic E-state index is 6.09. The topological polar surface area (TPSA) is 111 Å². The number of aromatic nitrogens is 5. The summed E-state index contributed by atoms with van der Waals surface area (Å²) >= 11 is 0. The van der Waals surface area contributed by atoms with E-state index in [1.54, 1.807) is 10.8 Å². The molecule has 1 aliphatic rings. The zero-order valence-corrected chi connectivity index (χ0v) is 20.0. The van der Waals surface area contributed by atoms with E-state index >= 15 is 0 Å². The second kappa shape index (κ2) is 8.58. The van der Waals surface area contributed by atoms with Gasteiger partial charge in [0, 0.05) is 35.2 Å². The minimum atomic E-state index is -0.431. The molecule has 0 spiro atoms. The van der Waals surface area contributed by atoms with Crippen LogP contribution in [0.3, 0.4) is 0 Å². The van der Waals surface area contributed by atoms with E-state index in [9.17, 15) is 0 Å². The molecule has 2 N–H and O–H groups in total. The molecule has 6 rings (SSSR count). The van der Waals surface area contributed by atoms with Crippen molar-refractivity contribution >= 4 is 40.0 Å². The fourth-order valence-electron chi connectivity index (χ4n) is 4.02. The number of rotatable bonds is 6. The first-order valence-corrected chi connectivity index (χ1v) is 11.5. The summed E-state index contributed by atoms with van der Waals surface area (Å²) in [6.45, 7) is 5.95. The number of hydrogen-bond acceptors (Lipinski definition) is 9. The smallest absolute Gasteiger partial charge is 0.226 e. The number of aliphatic imine (C=N–C) groups is 1. The molecule has 180 valence electrons. The number of benzene rings is 2. The van der Waals surface area contributed by atoms with Crippen molar-refractivity contribution in [2.75, 3.05) is 10.6 Å². The van der Waals surface area contributed by atoms with Gasteiger partial charge in [-0.2, -0.15) is 5.10 Å². The van der Waals surface area contributed by atoms with Crippen LogP contribution < -0.4 is 15.4 Å². The van der Waals surface area contributed by atoms with Gasteiger partial charge in [-0.1, -0.05) is 0 Å². The van der Waals surface area contributed by atoms with Gasteiger partial charge in [0.2, 0.25) is 6.35 Å². The summed E-state index contributed by atoms with van der Waals surface area (Å²) in [5.41, 5.74) is 3.89. The Morgan fingerprint density at radius 1 is 0.972 bits per heavy atom. The Kier molecular flexibility index (Phi) is 5.23. The Morgan fingerprint density at radius 2 is 1.86 bits per heavy atom. The highest BCUT2D eigenvalue weighted by molar-refractivity contribution is 5.93. The summed E-state index contributed by atoms with van der Waals surface area (Å²) in [5.74, 6) is 2.15. The Hall–Kier alpha value is -4.57. The van der Waals surface area contributed by atoms with Crippen LogP contribution in [0.5, 0.6) is 11.5 Å². The first kappa shape index (κ1) is 21.9. The molecule has 10 nitrogen and oxygen atoms in total. The van der Waals surface area contributed by atoms with Crippen molar-refractivity contribution in [1.29, 1.82) is 0 Å². The van der Waals surface area contributed by atoms with Crippen molar-refractivity contribution in [1.82, 2.24) is 24.6 Å². The normalized spacial score (nSPS) is 16.5. The maximum atomic E-state index is 6.09. The van der Waals surface area contributed by atoms with Crippen LogP contribution in [0.2, 0.25) is 0 Å². The first-order valence-electron chi connectivity index (χ1n) is 11.5. The van der Waals surface area contributed by atoms with E-state index in [1.165, 1.54) is 6.33 Å². The Morgan fingerprint density at radius 3 is 2.69 bits per heavy atom. The second-order valence-corrected chi connectivity index (χ2v) is 9.08. The van der Waals surface area contributed by atoms with Gasteiger partial charge < -0.3 is 20.1 Å². The van der Waals surface area contributed by atoms with Crippen LogP contribution in [-0.4, -0.2) is 42.7 Å². The third-order valence-corrected chi connectivity index (χ3v) is 5.78. The van der Waals surface area contributed by atoms with Crippen molar-refractivity contribution < 1.29 is 9.47 Å². The summed E-state index contributed by atoms with van der Waals surface area (Å²) in [6, 6.07) is 15.5. The van der Waals surface area contributed by atoms with Crippen LogP contribution in [0.1, 0.15) is 19.4 Å². The number of fused-ring (bicyclic) bond motifs is 2. The fraction of sp³-hybridized carbons (Fsp3) is 0.192. The lowest BCUT2D eigenvalue weighted by Gasteiger charge is -2.19. The van der Waals surface area contributed by atoms with Crippen LogP contribution in [0.25, 0.3) is 16.6 Å². The molecule has 10 heteroatoms. The summed E-state index contributed by atoms with van der Waals surface area (Å²) in [4.78, 5) is 17.5. The minimum absolute atomic E-state index is 0.388. The van der Waals surface area contributed by atoms with Gasteiger partial charge in [0.1, 0.15) is 35.6 Å². The molecule has 3 aromatic heterocycles. The van der Waals surface area contributed by atoms with E-state index in [-0.39, 0.29) is 5.60 Å². The molecule has 1 aliphatic heterocycles. The molecule has 0 bridgehead atoms. The van der Waals surface area contributed by atoms with Gasteiger partial charge in [-0.25, -0.2) is 24.5 Å². The van der Waals surface area contributed by atoms with E-state index in [0.717, 1.165) is 39.2 Å². The van der Waals surface area contributed by atoms with Crippen molar-refractivity contribution in [3.63, 3.8) is 0 Å². The predicted octanol–water partition coefficient (Wildman–Crippen LogP) is 5.09. The molecule has 5 aromatic rings. The molecule has 0 saturated carbocycles. The van der Waals surface area contributed by atoms with Crippen LogP contribution in [0, 0.1) is 6.92 Å². The minimum Gasteiger partial charge on any atom is -0.457 e. The number of nitrogens with one attached hydrogen (secondary N) is 2. The number of aryl methyl sites for hydroxylation is 1. The highest BCUT2D eigenvalue weighted by atomic mass is 16.5. The van der Waals surface area contributed by atoms with Gasteiger partial charge in [0.25, 0.3) is 0 Å². The van der Waals surface area contributed by atoms with Crippen molar-refractivity contribution in [2.45, 2.75) is 32.7 Å². The number of anilines is 3. The van der Waals surface area contributed by atoms with Gasteiger partial charge >= 0.3 is 0 Å². The average molecular weight is 481 g/mol. The standard InChI is InChI=1S/C26H24N8O2/c1-16-10-17(5-7-22(16)35-19-8-9-34-23(12-19)29-15-31-34)32-24-20-11-18(4-6-21(20)28-14-30-24)33-25-27-13-26(2,3)36-25/h4-15,25,33H,1-3H3,(H,28,30,32). The maximum Gasteiger partial charge on any atom is 0.226 e.